The topological polar surface area (TPSA) is 74.0 Å². The summed E-state index contributed by atoms with van der Waals surface area (Å²) in [5, 5.41) is 6.63. The first-order valence-electron chi connectivity index (χ1n) is 5.38. The van der Waals surface area contributed by atoms with Gasteiger partial charge in [-0.2, -0.15) is 5.11 Å². The number of nitrogens with zero attached hydrogens (tertiary/aromatic N) is 3. The normalized spacial score (nSPS) is 9.94. The number of anilines is 2. The lowest BCUT2D eigenvalue weighted by Gasteiger charge is -2.09. The van der Waals surface area contributed by atoms with E-state index in [0.29, 0.717) is 11.5 Å². The third-order valence-electron chi connectivity index (χ3n) is 2.38. The van der Waals surface area contributed by atoms with Gasteiger partial charge in [0.25, 0.3) is 0 Å². The molecule has 1 heterocycles. The molecule has 5 nitrogen and oxygen atoms in total. The summed E-state index contributed by atoms with van der Waals surface area (Å²) in [6.45, 7) is 1.98. The molecular formula is C12H13N5. The first-order chi connectivity index (χ1) is 8.35. The first-order valence-corrected chi connectivity index (χ1v) is 5.38. The van der Waals surface area contributed by atoms with E-state index < -0.39 is 0 Å². The van der Waals surface area contributed by atoms with Gasteiger partial charge in [-0.05, 0) is 18.6 Å². The summed E-state index contributed by atoms with van der Waals surface area (Å²) < 4.78 is 0. The predicted molar refractivity (Wildman–Crippen MR) is 65.9 cm³/mol. The molecule has 1 aromatic carbocycles. The molecule has 0 atom stereocenters. The van der Waals surface area contributed by atoms with E-state index in [1.807, 2.05) is 37.3 Å². The molecule has 2 rings (SSSR count). The van der Waals surface area contributed by atoms with Crippen LogP contribution in [0.4, 0.5) is 17.2 Å². The van der Waals surface area contributed by atoms with E-state index in [2.05, 4.69) is 20.4 Å². The molecule has 0 radical (unpaired) electrons. The Labute approximate surface area is 99.4 Å². The van der Waals surface area contributed by atoms with E-state index in [9.17, 15) is 0 Å². The molecule has 0 spiro atoms. The van der Waals surface area contributed by atoms with Crippen molar-refractivity contribution in [2.45, 2.75) is 13.3 Å². The van der Waals surface area contributed by atoms with Crippen LogP contribution in [0.5, 0.6) is 0 Å². The van der Waals surface area contributed by atoms with E-state index >= 15 is 0 Å². The highest BCUT2D eigenvalue weighted by molar-refractivity contribution is 5.69. The summed E-state index contributed by atoms with van der Waals surface area (Å²) in [5.41, 5.74) is 9.39. The zero-order chi connectivity index (χ0) is 12.1. The molecule has 0 amide bonds. The molecule has 1 aromatic heterocycles. The van der Waals surface area contributed by atoms with Crippen LogP contribution in [-0.2, 0) is 6.42 Å². The lowest BCUT2D eigenvalue weighted by atomic mass is 10.2. The van der Waals surface area contributed by atoms with Gasteiger partial charge in [-0.3, -0.25) is 0 Å². The highest BCUT2D eigenvalue weighted by Crippen LogP contribution is 2.28. The second-order valence-electron chi connectivity index (χ2n) is 3.47. The van der Waals surface area contributed by atoms with Crippen molar-refractivity contribution in [2.75, 3.05) is 5.32 Å². The lowest BCUT2D eigenvalue weighted by Crippen LogP contribution is -1.98. The van der Waals surface area contributed by atoms with Crippen molar-refractivity contribution in [3.05, 3.63) is 42.4 Å². The van der Waals surface area contributed by atoms with E-state index in [1.54, 1.807) is 0 Å². The summed E-state index contributed by atoms with van der Waals surface area (Å²) in [5.74, 6) is 0.568. The molecule has 86 valence electrons. The van der Waals surface area contributed by atoms with Crippen LogP contribution in [-0.4, -0.2) is 9.97 Å². The summed E-state index contributed by atoms with van der Waals surface area (Å²) in [6.07, 6.45) is 2.21. The number of hydrogen-bond donors (Lipinski definition) is 2. The van der Waals surface area contributed by atoms with Gasteiger partial charge in [0.05, 0.1) is 5.69 Å². The number of rotatable bonds is 4. The number of aryl methyl sites for hydroxylation is 1. The van der Waals surface area contributed by atoms with Gasteiger partial charge in [0.2, 0.25) is 0 Å². The average Bonchev–Trinajstić information content (AvgIpc) is 2.39. The van der Waals surface area contributed by atoms with Crippen LogP contribution in [0.3, 0.4) is 0 Å². The molecule has 0 aliphatic heterocycles. The van der Waals surface area contributed by atoms with Crippen molar-refractivity contribution < 1.29 is 0 Å². The highest BCUT2D eigenvalue weighted by atomic mass is 15.1. The number of aromatic nitrogens is 2. The summed E-state index contributed by atoms with van der Waals surface area (Å²) >= 11 is 0. The van der Waals surface area contributed by atoms with Gasteiger partial charge < -0.3 is 5.32 Å². The Kier molecular flexibility index (Phi) is 3.40. The minimum absolute atomic E-state index is 0.499. The Balaban J connectivity index is 2.36. The second-order valence-corrected chi connectivity index (χ2v) is 3.47. The maximum Gasteiger partial charge on any atom is 0.161 e. The molecule has 0 bridgehead atoms. The SMILES string of the molecule is CCc1ncnc(Nc2ccccc2)c1N=N. The van der Waals surface area contributed by atoms with Crippen LogP contribution in [0.15, 0.2) is 41.8 Å². The molecule has 0 aliphatic rings. The fraction of sp³-hybridized carbons (Fsp3) is 0.167. The Morgan fingerprint density at radius 2 is 2.00 bits per heavy atom. The quantitative estimate of drug-likeness (QED) is 0.785. The van der Waals surface area contributed by atoms with Crippen LogP contribution in [0.1, 0.15) is 12.6 Å². The Hall–Kier alpha value is -2.30. The molecule has 2 aromatic rings. The number of para-hydroxylation sites is 1. The molecule has 0 saturated heterocycles. The fourth-order valence-corrected chi connectivity index (χ4v) is 1.54. The van der Waals surface area contributed by atoms with E-state index in [-0.39, 0.29) is 0 Å². The van der Waals surface area contributed by atoms with E-state index in [1.165, 1.54) is 6.33 Å². The number of benzene rings is 1. The molecule has 0 fully saturated rings. The molecule has 0 saturated carbocycles. The fourth-order valence-electron chi connectivity index (χ4n) is 1.54. The molecule has 5 heteroatoms. The van der Waals surface area contributed by atoms with Gasteiger partial charge in [0.1, 0.15) is 12.0 Å². The first kappa shape index (κ1) is 11.2. The van der Waals surface area contributed by atoms with E-state index in [4.69, 9.17) is 5.53 Å². The maximum absolute atomic E-state index is 7.20. The summed E-state index contributed by atoms with van der Waals surface area (Å²) in [6, 6.07) is 9.67. The summed E-state index contributed by atoms with van der Waals surface area (Å²) in [4.78, 5) is 8.22. The van der Waals surface area contributed by atoms with Gasteiger partial charge in [0.15, 0.2) is 5.82 Å². The predicted octanol–water partition coefficient (Wildman–Crippen LogP) is 3.45. The van der Waals surface area contributed by atoms with Crippen molar-refractivity contribution in [2.24, 2.45) is 5.11 Å². The van der Waals surface area contributed by atoms with Gasteiger partial charge >= 0.3 is 0 Å². The third-order valence-corrected chi connectivity index (χ3v) is 2.38. The van der Waals surface area contributed by atoms with Crippen LogP contribution < -0.4 is 5.32 Å². The number of nitrogens with one attached hydrogen (secondary N) is 2. The zero-order valence-electron chi connectivity index (χ0n) is 9.51. The van der Waals surface area contributed by atoms with Crippen molar-refractivity contribution in [1.82, 2.24) is 9.97 Å². The van der Waals surface area contributed by atoms with Crippen molar-refractivity contribution >= 4 is 17.2 Å². The lowest BCUT2D eigenvalue weighted by molar-refractivity contribution is 0.973. The van der Waals surface area contributed by atoms with Crippen LogP contribution in [0.25, 0.3) is 0 Å². The minimum Gasteiger partial charge on any atom is -0.338 e. The van der Waals surface area contributed by atoms with Crippen LogP contribution in [0, 0.1) is 5.53 Å². The Bertz CT molecular complexity index is 510. The van der Waals surface area contributed by atoms with Crippen molar-refractivity contribution in [3.8, 4) is 0 Å². The molecule has 17 heavy (non-hydrogen) atoms. The van der Waals surface area contributed by atoms with Gasteiger partial charge in [-0.25, -0.2) is 15.5 Å². The Morgan fingerprint density at radius 1 is 1.24 bits per heavy atom. The van der Waals surface area contributed by atoms with E-state index in [0.717, 1.165) is 17.8 Å². The molecular weight excluding hydrogens is 214 g/mol. The summed E-state index contributed by atoms with van der Waals surface area (Å²) in [7, 11) is 0. The van der Waals surface area contributed by atoms with Gasteiger partial charge in [0, 0.05) is 5.69 Å². The standard InChI is InChI=1S/C12H13N5/c1-2-10-11(17-13)12(15-8-14-10)16-9-6-4-3-5-7-9/h3-8,13H,2H2,1H3,(H,14,15,16). The second kappa shape index (κ2) is 5.16. The van der Waals surface area contributed by atoms with Gasteiger partial charge in [-0.1, -0.05) is 25.1 Å². The smallest absolute Gasteiger partial charge is 0.161 e. The third kappa shape index (κ3) is 2.44. The maximum atomic E-state index is 7.20. The Morgan fingerprint density at radius 3 is 2.65 bits per heavy atom. The minimum atomic E-state index is 0.499. The zero-order valence-corrected chi connectivity index (χ0v) is 9.51. The van der Waals surface area contributed by atoms with Crippen LogP contribution in [0.2, 0.25) is 0 Å². The van der Waals surface area contributed by atoms with Crippen molar-refractivity contribution in [1.29, 1.82) is 5.53 Å². The van der Waals surface area contributed by atoms with Gasteiger partial charge in [-0.15, -0.1) is 0 Å². The molecule has 0 unspecified atom stereocenters. The van der Waals surface area contributed by atoms with Crippen LogP contribution >= 0.6 is 0 Å². The monoisotopic (exact) mass is 227 g/mol. The largest absolute Gasteiger partial charge is 0.338 e. The molecule has 2 N–H and O–H groups in total. The average molecular weight is 227 g/mol. The molecule has 0 aliphatic carbocycles. The van der Waals surface area contributed by atoms with Crippen molar-refractivity contribution in [3.63, 3.8) is 0 Å². The highest BCUT2D eigenvalue weighted by Gasteiger charge is 2.09. The number of hydrogen-bond acceptors (Lipinski definition) is 5.